The highest BCUT2D eigenvalue weighted by Crippen LogP contribution is 2.50. The summed E-state index contributed by atoms with van der Waals surface area (Å²) in [7, 11) is 0. The van der Waals surface area contributed by atoms with Crippen molar-refractivity contribution in [3.05, 3.63) is 81.2 Å². The van der Waals surface area contributed by atoms with Gasteiger partial charge in [0.1, 0.15) is 5.82 Å². The van der Waals surface area contributed by atoms with Crippen LogP contribution in [0.15, 0.2) is 75.7 Å². The number of ketones is 1. The quantitative estimate of drug-likeness (QED) is 0.507. The number of carbonyl (C=O) groups excluding carboxylic acids is 1. The van der Waals surface area contributed by atoms with E-state index in [1.807, 2.05) is 41.3 Å². The Hall–Kier alpha value is -3.04. The van der Waals surface area contributed by atoms with E-state index >= 15 is 0 Å². The van der Waals surface area contributed by atoms with Gasteiger partial charge in [0.25, 0.3) is 0 Å². The number of rotatable bonds is 5. The summed E-state index contributed by atoms with van der Waals surface area (Å²) >= 11 is 3.49. The van der Waals surface area contributed by atoms with Crippen LogP contribution in [-0.2, 0) is 4.79 Å². The van der Waals surface area contributed by atoms with Gasteiger partial charge in [-0.1, -0.05) is 41.9 Å². The Bertz CT molecular complexity index is 1200. The normalized spacial score (nSPS) is 19.7. The molecule has 0 amide bonds. The second-order valence-electron chi connectivity index (χ2n) is 9.72. The first-order valence-corrected chi connectivity index (χ1v) is 12.6. The molecule has 34 heavy (non-hydrogen) atoms. The molecule has 0 saturated heterocycles. The molecule has 0 bridgehead atoms. The summed E-state index contributed by atoms with van der Waals surface area (Å²) in [5.41, 5.74) is 11.4. The molecule has 1 unspecified atom stereocenters. The van der Waals surface area contributed by atoms with Gasteiger partial charge in [-0.3, -0.25) is 9.69 Å². The van der Waals surface area contributed by atoms with Crippen LogP contribution in [0.2, 0.25) is 0 Å². The minimum Gasteiger partial charge on any atom is -0.384 e. The van der Waals surface area contributed by atoms with Crippen LogP contribution in [0, 0.1) is 16.7 Å². The Kier molecular flexibility index (Phi) is 6.60. The van der Waals surface area contributed by atoms with E-state index in [9.17, 15) is 10.1 Å². The molecule has 4 rings (SSSR count). The Labute approximate surface area is 210 Å². The fourth-order valence-electron chi connectivity index (χ4n) is 5.19. The number of anilines is 2. The van der Waals surface area contributed by atoms with Crippen molar-refractivity contribution in [2.75, 3.05) is 22.9 Å². The largest absolute Gasteiger partial charge is 0.384 e. The van der Waals surface area contributed by atoms with Crippen LogP contribution in [-0.4, -0.2) is 18.9 Å². The summed E-state index contributed by atoms with van der Waals surface area (Å²) in [5, 5.41) is 10.2. The Morgan fingerprint density at radius 1 is 1.09 bits per heavy atom. The van der Waals surface area contributed by atoms with Gasteiger partial charge < -0.3 is 10.6 Å². The maximum atomic E-state index is 13.6. The first-order chi connectivity index (χ1) is 16.2. The SMILES string of the molecule is CCN(CC)c1ccc(C2C(C#N)=C(N)N(c3ccc(Br)cc3)C3=C2C(=O)CC(C)(C)C3)cc1. The zero-order valence-corrected chi connectivity index (χ0v) is 21.8. The summed E-state index contributed by atoms with van der Waals surface area (Å²) in [6.07, 6.45) is 1.16. The van der Waals surface area contributed by atoms with Crippen LogP contribution < -0.4 is 15.5 Å². The molecule has 6 heteroatoms. The van der Waals surface area contributed by atoms with Crippen LogP contribution in [0.5, 0.6) is 0 Å². The predicted octanol–water partition coefficient (Wildman–Crippen LogP) is 6.24. The van der Waals surface area contributed by atoms with Crippen molar-refractivity contribution in [2.24, 2.45) is 11.1 Å². The fourth-order valence-corrected chi connectivity index (χ4v) is 5.46. The number of halogens is 1. The molecule has 0 radical (unpaired) electrons. The smallest absolute Gasteiger partial charge is 0.162 e. The zero-order valence-electron chi connectivity index (χ0n) is 20.2. The first-order valence-electron chi connectivity index (χ1n) is 11.8. The lowest BCUT2D eigenvalue weighted by atomic mass is 9.68. The van der Waals surface area contributed by atoms with Gasteiger partial charge in [-0.2, -0.15) is 5.26 Å². The fraction of sp³-hybridized carbons (Fsp3) is 0.357. The Balaban J connectivity index is 1.90. The number of nitrogens with zero attached hydrogens (tertiary/aromatic N) is 3. The van der Waals surface area contributed by atoms with E-state index in [0.29, 0.717) is 29.8 Å². The van der Waals surface area contributed by atoms with E-state index in [2.05, 4.69) is 66.7 Å². The molecular formula is C28H31BrN4O. The maximum Gasteiger partial charge on any atom is 0.162 e. The average molecular weight is 519 g/mol. The van der Waals surface area contributed by atoms with Crippen LogP contribution in [0.1, 0.15) is 52.0 Å². The van der Waals surface area contributed by atoms with Crippen molar-refractivity contribution in [1.29, 1.82) is 5.26 Å². The molecule has 0 fully saturated rings. The number of nitrogens with two attached hydrogens (primary N) is 1. The van der Waals surface area contributed by atoms with Crippen molar-refractivity contribution >= 4 is 33.1 Å². The molecule has 176 valence electrons. The van der Waals surface area contributed by atoms with Crippen molar-refractivity contribution in [1.82, 2.24) is 0 Å². The molecule has 5 nitrogen and oxygen atoms in total. The van der Waals surface area contributed by atoms with Gasteiger partial charge in [0, 0.05) is 46.6 Å². The zero-order chi connectivity index (χ0) is 24.6. The van der Waals surface area contributed by atoms with Gasteiger partial charge in [0.15, 0.2) is 5.78 Å². The van der Waals surface area contributed by atoms with E-state index in [1.165, 1.54) is 0 Å². The summed E-state index contributed by atoms with van der Waals surface area (Å²) in [5.74, 6) is 0.0272. The molecule has 2 aliphatic rings. The molecule has 2 aromatic carbocycles. The number of nitriles is 1. The highest BCUT2D eigenvalue weighted by molar-refractivity contribution is 9.10. The Morgan fingerprint density at radius 3 is 2.26 bits per heavy atom. The van der Waals surface area contributed by atoms with Crippen LogP contribution in [0.3, 0.4) is 0 Å². The minimum absolute atomic E-state index is 0.0893. The van der Waals surface area contributed by atoms with Gasteiger partial charge in [0.05, 0.1) is 17.6 Å². The molecule has 1 aliphatic heterocycles. The first kappa shape index (κ1) is 24.1. The molecule has 1 atom stereocenters. The monoisotopic (exact) mass is 518 g/mol. The van der Waals surface area contributed by atoms with Crippen LogP contribution >= 0.6 is 15.9 Å². The lowest BCUT2D eigenvalue weighted by Crippen LogP contribution is -2.42. The van der Waals surface area contributed by atoms with Crippen molar-refractivity contribution in [2.45, 2.75) is 46.5 Å². The second kappa shape index (κ2) is 9.31. The summed E-state index contributed by atoms with van der Waals surface area (Å²) < 4.78 is 0.955. The average Bonchev–Trinajstić information content (AvgIpc) is 2.80. The van der Waals surface area contributed by atoms with Gasteiger partial charge in [-0.05, 0) is 67.6 Å². The molecule has 2 aromatic rings. The van der Waals surface area contributed by atoms with E-state index in [-0.39, 0.29) is 11.2 Å². The van der Waals surface area contributed by atoms with E-state index in [4.69, 9.17) is 5.73 Å². The van der Waals surface area contributed by atoms with Gasteiger partial charge in [-0.25, -0.2) is 0 Å². The lowest BCUT2D eigenvalue weighted by molar-refractivity contribution is -0.118. The molecule has 0 saturated carbocycles. The molecule has 1 heterocycles. The number of hydrogen-bond acceptors (Lipinski definition) is 5. The van der Waals surface area contributed by atoms with Crippen LogP contribution in [0.25, 0.3) is 0 Å². The molecule has 2 N–H and O–H groups in total. The summed E-state index contributed by atoms with van der Waals surface area (Å²) in [6, 6.07) is 18.4. The lowest BCUT2D eigenvalue weighted by Gasteiger charge is -2.43. The van der Waals surface area contributed by atoms with Crippen molar-refractivity contribution < 1.29 is 4.79 Å². The van der Waals surface area contributed by atoms with Gasteiger partial charge >= 0.3 is 0 Å². The molecular weight excluding hydrogens is 488 g/mol. The van der Waals surface area contributed by atoms with Gasteiger partial charge in [-0.15, -0.1) is 0 Å². The Morgan fingerprint density at radius 2 is 1.71 bits per heavy atom. The van der Waals surface area contributed by atoms with E-state index in [1.54, 1.807) is 0 Å². The van der Waals surface area contributed by atoms with Gasteiger partial charge in [0.2, 0.25) is 0 Å². The summed E-state index contributed by atoms with van der Waals surface area (Å²) in [4.78, 5) is 17.8. The number of Topliss-reactive ketones (excluding diaryl/α,β-unsaturated/α-hetero) is 1. The number of allylic oxidation sites excluding steroid dienone is 3. The third-order valence-electron chi connectivity index (χ3n) is 6.82. The van der Waals surface area contributed by atoms with Crippen molar-refractivity contribution in [3.8, 4) is 6.07 Å². The van der Waals surface area contributed by atoms with E-state index in [0.717, 1.165) is 40.2 Å². The topological polar surface area (TPSA) is 73.4 Å². The minimum atomic E-state index is -0.457. The third kappa shape index (κ3) is 4.25. The van der Waals surface area contributed by atoms with Crippen molar-refractivity contribution in [3.63, 3.8) is 0 Å². The maximum absolute atomic E-state index is 13.6. The molecule has 0 aromatic heterocycles. The third-order valence-corrected chi connectivity index (χ3v) is 7.35. The number of hydrogen-bond donors (Lipinski definition) is 1. The highest BCUT2D eigenvalue weighted by Gasteiger charge is 2.44. The highest BCUT2D eigenvalue weighted by atomic mass is 79.9. The predicted molar refractivity (Wildman–Crippen MR) is 141 cm³/mol. The van der Waals surface area contributed by atoms with E-state index < -0.39 is 5.92 Å². The standard InChI is InChI=1S/C28H31BrN4O/c1-5-32(6-2)20-11-7-18(8-12-20)25-22(17-30)27(31)33(21-13-9-19(29)10-14-21)23-15-28(3,4)16-24(34)26(23)25/h7-14,25H,5-6,15-16,31H2,1-4H3. The number of carbonyl (C=O) groups is 1. The second-order valence-corrected chi connectivity index (χ2v) is 10.6. The number of benzene rings is 2. The summed E-state index contributed by atoms with van der Waals surface area (Å²) in [6.45, 7) is 10.3. The molecule has 1 aliphatic carbocycles. The molecule has 0 spiro atoms. The van der Waals surface area contributed by atoms with Crippen LogP contribution in [0.4, 0.5) is 11.4 Å².